The fraction of sp³-hybridized carbons (Fsp3) is 0.200. The summed E-state index contributed by atoms with van der Waals surface area (Å²) < 4.78 is 5.05. The van der Waals surface area contributed by atoms with Crippen molar-refractivity contribution >= 4 is 16.9 Å². The average molecular weight is 190 g/mol. The van der Waals surface area contributed by atoms with Gasteiger partial charge >= 0.3 is 5.97 Å². The Morgan fingerprint density at radius 1 is 1.57 bits per heavy atom. The molecule has 1 N–H and O–H groups in total. The highest BCUT2D eigenvalue weighted by atomic mass is 16.5. The average Bonchev–Trinajstić information content (AvgIpc) is 2.64. The van der Waals surface area contributed by atoms with E-state index in [9.17, 15) is 4.79 Å². The summed E-state index contributed by atoms with van der Waals surface area (Å²) in [4.78, 5) is 11.0. The number of aromatic amines is 1. The van der Waals surface area contributed by atoms with Crippen LogP contribution in [0.2, 0.25) is 0 Å². The van der Waals surface area contributed by atoms with Crippen molar-refractivity contribution in [1.29, 1.82) is 0 Å². The zero-order valence-corrected chi connectivity index (χ0v) is 7.78. The van der Waals surface area contributed by atoms with Crippen molar-refractivity contribution < 1.29 is 9.53 Å². The first-order valence-corrected chi connectivity index (χ1v) is 4.43. The molecule has 0 saturated heterocycles. The molecule has 72 valence electrons. The molecule has 1 heterocycles. The van der Waals surface area contributed by atoms with E-state index in [1.807, 2.05) is 6.07 Å². The van der Waals surface area contributed by atoms with Crippen LogP contribution in [0.4, 0.5) is 0 Å². The van der Waals surface area contributed by atoms with E-state index in [0.717, 1.165) is 10.9 Å². The Bertz CT molecular complexity index is 462. The van der Waals surface area contributed by atoms with Gasteiger partial charge in [-0.15, -0.1) is 0 Å². The SMILES string of the molecule is CCC(=O)Oc1ccc2cn[nH]c2c1. The summed E-state index contributed by atoms with van der Waals surface area (Å²) >= 11 is 0. The number of carbonyl (C=O) groups excluding carboxylic acids is 1. The Hall–Kier alpha value is -1.84. The Morgan fingerprint density at radius 2 is 2.43 bits per heavy atom. The van der Waals surface area contributed by atoms with Gasteiger partial charge in [-0.1, -0.05) is 6.92 Å². The van der Waals surface area contributed by atoms with E-state index in [1.54, 1.807) is 25.3 Å². The van der Waals surface area contributed by atoms with Crippen LogP contribution in [0, 0.1) is 0 Å². The van der Waals surface area contributed by atoms with Crippen LogP contribution in [0.1, 0.15) is 13.3 Å². The quantitative estimate of drug-likeness (QED) is 0.581. The van der Waals surface area contributed by atoms with E-state index in [2.05, 4.69) is 10.2 Å². The molecule has 0 amide bonds. The zero-order chi connectivity index (χ0) is 9.97. The number of carbonyl (C=O) groups is 1. The second kappa shape index (κ2) is 3.49. The van der Waals surface area contributed by atoms with Gasteiger partial charge < -0.3 is 4.74 Å². The van der Waals surface area contributed by atoms with Crippen molar-refractivity contribution in [3.05, 3.63) is 24.4 Å². The summed E-state index contributed by atoms with van der Waals surface area (Å²) in [6, 6.07) is 5.37. The monoisotopic (exact) mass is 190 g/mol. The molecule has 0 aliphatic rings. The van der Waals surface area contributed by atoms with Gasteiger partial charge in [-0.25, -0.2) is 0 Å². The molecule has 14 heavy (non-hydrogen) atoms. The van der Waals surface area contributed by atoms with Gasteiger partial charge in [0.05, 0.1) is 11.7 Å². The van der Waals surface area contributed by atoms with E-state index in [-0.39, 0.29) is 5.97 Å². The van der Waals surface area contributed by atoms with Crippen molar-refractivity contribution in [1.82, 2.24) is 10.2 Å². The Morgan fingerprint density at radius 3 is 3.21 bits per heavy atom. The van der Waals surface area contributed by atoms with Crippen LogP contribution < -0.4 is 4.74 Å². The predicted octanol–water partition coefficient (Wildman–Crippen LogP) is 1.88. The molecule has 0 saturated carbocycles. The van der Waals surface area contributed by atoms with Gasteiger partial charge in [0.25, 0.3) is 0 Å². The smallest absolute Gasteiger partial charge is 0.310 e. The third kappa shape index (κ3) is 1.59. The van der Waals surface area contributed by atoms with Gasteiger partial charge in [-0.3, -0.25) is 9.89 Å². The second-order valence-corrected chi connectivity index (χ2v) is 2.95. The maximum absolute atomic E-state index is 11.0. The molecule has 0 aliphatic carbocycles. The van der Waals surface area contributed by atoms with Crippen LogP contribution in [0.3, 0.4) is 0 Å². The second-order valence-electron chi connectivity index (χ2n) is 2.95. The molecule has 1 aromatic carbocycles. The minimum absolute atomic E-state index is 0.233. The minimum atomic E-state index is -0.233. The zero-order valence-electron chi connectivity index (χ0n) is 7.78. The third-order valence-corrected chi connectivity index (χ3v) is 1.93. The van der Waals surface area contributed by atoms with E-state index in [1.165, 1.54) is 0 Å². The number of hydrogen-bond donors (Lipinski definition) is 1. The van der Waals surface area contributed by atoms with Crippen LogP contribution >= 0.6 is 0 Å². The normalized spacial score (nSPS) is 10.4. The topological polar surface area (TPSA) is 55.0 Å². The Balaban J connectivity index is 2.30. The number of aromatic nitrogens is 2. The highest BCUT2D eigenvalue weighted by Crippen LogP contribution is 2.18. The van der Waals surface area contributed by atoms with Gasteiger partial charge in [0, 0.05) is 17.9 Å². The Kier molecular flexibility index (Phi) is 2.18. The molecule has 4 heteroatoms. The fourth-order valence-electron chi connectivity index (χ4n) is 1.18. The van der Waals surface area contributed by atoms with E-state index in [0.29, 0.717) is 12.2 Å². The molecule has 0 unspecified atom stereocenters. The summed E-state index contributed by atoms with van der Waals surface area (Å²) in [5, 5.41) is 7.69. The van der Waals surface area contributed by atoms with Crippen LogP contribution in [-0.4, -0.2) is 16.2 Å². The summed E-state index contributed by atoms with van der Waals surface area (Å²) in [5.41, 5.74) is 0.867. The highest BCUT2D eigenvalue weighted by molar-refractivity contribution is 5.80. The highest BCUT2D eigenvalue weighted by Gasteiger charge is 2.02. The molecule has 0 fully saturated rings. The van der Waals surface area contributed by atoms with E-state index < -0.39 is 0 Å². The van der Waals surface area contributed by atoms with E-state index in [4.69, 9.17) is 4.74 Å². The first-order valence-electron chi connectivity index (χ1n) is 4.43. The molecule has 4 nitrogen and oxygen atoms in total. The molecular formula is C10H10N2O2. The van der Waals surface area contributed by atoms with Crippen molar-refractivity contribution in [3.8, 4) is 5.75 Å². The fourth-order valence-corrected chi connectivity index (χ4v) is 1.18. The standard InChI is InChI=1S/C10H10N2O2/c1-2-10(13)14-8-4-3-7-6-11-12-9(7)5-8/h3-6H,2H2,1H3,(H,11,12). The maximum atomic E-state index is 11.0. The lowest BCUT2D eigenvalue weighted by Gasteiger charge is -2.01. The number of H-pyrrole nitrogens is 1. The lowest BCUT2D eigenvalue weighted by molar-refractivity contribution is -0.134. The van der Waals surface area contributed by atoms with Gasteiger partial charge in [0.15, 0.2) is 0 Å². The molecule has 1 aromatic heterocycles. The summed E-state index contributed by atoms with van der Waals surface area (Å²) in [6.45, 7) is 1.76. The third-order valence-electron chi connectivity index (χ3n) is 1.93. The lowest BCUT2D eigenvalue weighted by atomic mass is 10.2. The molecule has 0 aliphatic heterocycles. The molecule has 0 atom stereocenters. The van der Waals surface area contributed by atoms with Gasteiger partial charge in [0.1, 0.15) is 5.75 Å². The molecular weight excluding hydrogens is 180 g/mol. The Labute approximate surface area is 80.9 Å². The van der Waals surface area contributed by atoms with Gasteiger partial charge in [-0.05, 0) is 12.1 Å². The van der Waals surface area contributed by atoms with Crippen LogP contribution in [0.5, 0.6) is 5.75 Å². The van der Waals surface area contributed by atoms with Crippen LogP contribution in [0.15, 0.2) is 24.4 Å². The van der Waals surface area contributed by atoms with Crippen molar-refractivity contribution in [2.24, 2.45) is 0 Å². The number of benzene rings is 1. The number of nitrogens with one attached hydrogen (secondary N) is 1. The number of fused-ring (bicyclic) bond motifs is 1. The largest absolute Gasteiger partial charge is 0.426 e. The minimum Gasteiger partial charge on any atom is -0.426 e. The number of ether oxygens (including phenoxy) is 1. The molecule has 0 radical (unpaired) electrons. The number of esters is 1. The van der Waals surface area contributed by atoms with Crippen molar-refractivity contribution in [2.45, 2.75) is 13.3 Å². The number of hydrogen-bond acceptors (Lipinski definition) is 3. The van der Waals surface area contributed by atoms with Crippen molar-refractivity contribution in [2.75, 3.05) is 0 Å². The number of nitrogens with zero attached hydrogens (tertiary/aromatic N) is 1. The summed E-state index contributed by atoms with van der Waals surface area (Å²) in [6.07, 6.45) is 2.10. The summed E-state index contributed by atoms with van der Waals surface area (Å²) in [7, 11) is 0. The molecule has 0 spiro atoms. The van der Waals surface area contributed by atoms with Crippen LogP contribution in [-0.2, 0) is 4.79 Å². The predicted molar refractivity (Wildman–Crippen MR) is 52.0 cm³/mol. The van der Waals surface area contributed by atoms with Gasteiger partial charge in [-0.2, -0.15) is 5.10 Å². The molecule has 0 bridgehead atoms. The lowest BCUT2D eigenvalue weighted by Crippen LogP contribution is -2.05. The summed E-state index contributed by atoms with van der Waals surface area (Å²) in [5.74, 6) is 0.317. The van der Waals surface area contributed by atoms with Gasteiger partial charge in [0.2, 0.25) is 0 Å². The molecule has 2 aromatic rings. The number of rotatable bonds is 2. The first-order chi connectivity index (χ1) is 6.79. The van der Waals surface area contributed by atoms with Crippen LogP contribution in [0.25, 0.3) is 10.9 Å². The maximum Gasteiger partial charge on any atom is 0.310 e. The van der Waals surface area contributed by atoms with E-state index >= 15 is 0 Å². The van der Waals surface area contributed by atoms with Crippen molar-refractivity contribution in [3.63, 3.8) is 0 Å². The first kappa shape index (κ1) is 8.74. The molecule has 2 rings (SSSR count).